The molecule has 0 aliphatic heterocycles. The summed E-state index contributed by atoms with van der Waals surface area (Å²) >= 11 is 0. The molecule has 1 heterocycles. The molecule has 0 radical (unpaired) electrons. The summed E-state index contributed by atoms with van der Waals surface area (Å²) in [5.41, 5.74) is 7.60. The molecule has 0 unspecified atom stereocenters. The molecule has 0 fully saturated rings. The smallest absolute Gasteiger partial charge is 0.306 e. The van der Waals surface area contributed by atoms with Gasteiger partial charge in [-0.2, -0.15) is 0 Å². The molecule has 0 saturated carbocycles. The monoisotopic (exact) mass is 444 g/mol. The number of esters is 1. The van der Waals surface area contributed by atoms with Crippen LogP contribution in [0.15, 0.2) is 61.3 Å². The van der Waals surface area contributed by atoms with Gasteiger partial charge >= 0.3 is 5.97 Å². The lowest BCUT2D eigenvalue weighted by atomic mass is 9.96. The molecule has 4 heteroatoms. The molecule has 0 amide bonds. The number of carbonyl (C=O) groups excluding carboxylic acids is 1. The van der Waals surface area contributed by atoms with E-state index in [1.807, 2.05) is 19.2 Å². The number of ether oxygens (including phenoxy) is 1. The van der Waals surface area contributed by atoms with Crippen molar-refractivity contribution in [3.05, 3.63) is 89.3 Å². The molecule has 0 spiro atoms. The van der Waals surface area contributed by atoms with Crippen molar-refractivity contribution in [3.63, 3.8) is 0 Å². The molecule has 0 bridgehead atoms. The van der Waals surface area contributed by atoms with Crippen LogP contribution in [0.5, 0.6) is 0 Å². The lowest BCUT2D eigenvalue weighted by molar-refractivity contribution is -0.143. The Kier molecular flexibility index (Phi) is 9.05. The number of carbonyl (C=O) groups is 1. The van der Waals surface area contributed by atoms with E-state index in [-0.39, 0.29) is 5.97 Å². The highest BCUT2D eigenvalue weighted by molar-refractivity contribution is 5.69. The largest absolute Gasteiger partial charge is 0.466 e. The Morgan fingerprint density at radius 1 is 1.03 bits per heavy atom. The van der Waals surface area contributed by atoms with Crippen molar-refractivity contribution in [2.45, 2.75) is 58.8 Å². The number of allylic oxidation sites excluding steroid dienone is 1. The van der Waals surface area contributed by atoms with Gasteiger partial charge in [0.25, 0.3) is 0 Å². The fourth-order valence-electron chi connectivity index (χ4n) is 4.25. The topological polar surface area (TPSA) is 44.1 Å². The Labute approximate surface area is 198 Å². The second-order valence-electron chi connectivity index (χ2n) is 8.44. The fraction of sp³-hybridized carbons (Fsp3) is 0.379. The molecule has 3 aromatic rings. The van der Waals surface area contributed by atoms with Gasteiger partial charge in [-0.05, 0) is 67.7 Å². The van der Waals surface area contributed by atoms with Gasteiger partial charge in [-0.15, -0.1) is 6.58 Å². The Bertz CT molecular complexity index is 1060. The van der Waals surface area contributed by atoms with Gasteiger partial charge in [0, 0.05) is 30.9 Å². The number of rotatable bonds is 12. The molecule has 0 atom stereocenters. The number of aryl methyl sites for hydroxylation is 4. The summed E-state index contributed by atoms with van der Waals surface area (Å²) in [6.07, 6.45) is 10.1. The van der Waals surface area contributed by atoms with E-state index < -0.39 is 0 Å². The van der Waals surface area contributed by atoms with Crippen LogP contribution in [0.25, 0.3) is 11.4 Å². The Balaban J connectivity index is 1.58. The first-order valence-corrected chi connectivity index (χ1v) is 12.0. The predicted octanol–water partition coefficient (Wildman–Crippen LogP) is 6.05. The second kappa shape index (κ2) is 12.2. The minimum absolute atomic E-state index is 0.119. The molecule has 0 N–H and O–H groups in total. The predicted molar refractivity (Wildman–Crippen MR) is 135 cm³/mol. The van der Waals surface area contributed by atoms with Crippen molar-refractivity contribution in [2.24, 2.45) is 7.05 Å². The second-order valence-corrected chi connectivity index (χ2v) is 8.44. The molecule has 0 saturated heterocycles. The average Bonchev–Trinajstić information content (AvgIpc) is 3.19. The molecular weight excluding hydrogens is 408 g/mol. The molecule has 3 rings (SSSR count). The maximum absolute atomic E-state index is 11.7. The van der Waals surface area contributed by atoms with Gasteiger partial charge in [-0.1, -0.05) is 55.5 Å². The van der Waals surface area contributed by atoms with Crippen LogP contribution in [-0.2, 0) is 48.7 Å². The third kappa shape index (κ3) is 6.67. The molecule has 174 valence electrons. The fourth-order valence-corrected chi connectivity index (χ4v) is 4.25. The van der Waals surface area contributed by atoms with Crippen molar-refractivity contribution < 1.29 is 9.53 Å². The number of imidazole rings is 1. The number of benzene rings is 2. The zero-order valence-corrected chi connectivity index (χ0v) is 20.3. The third-order valence-electron chi connectivity index (χ3n) is 6.13. The van der Waals surface area contributed by atoms with Crippen molar-refractivity contribution in [2.75, 3.05) is 6.61 Å². The number of hydrogen-bond acceptors (Lipinski definition) is 3. The summed E-state index contributed by atoms with van der Waals surface area (Å²) in [5, 5.41) is 0. The van der Waals surface area contributed by atoms with Crippen molar-refractivity contribution in [3.8, 4) is 11.4 Å². The molecule has 33 heavy (non-hydrogen) atoms. The van der Waals surface area contributed by atoms with E-state index in [0.717, 1.165) is 49.9 Å². The van der Waals surface area contributed by atoms with Gasteiger partial charge in [0.05, 0.1) is 6.61 Å². The summed E-state index contributed by atoms with van der Waals surface area (Å²) in [4.78, 5) is 16.4. The molecule has 0 aliphatic rings. The van der Waals surface area contributed by atoms with Crippen LogP contribution in [0.4, 0.5) is 0 Å². The Morgan fingerprint density at radius 2 is 1.79 bits per heavy atom. The van der Waals surface area contributed by atoms with E-state index in [2.05, 4.69) is 72.6 Å². The van der Waals surface area contributed by atoms with Gasteiger partial charge < -0.3 is 9.30 Å². The minimum Gasteiger partial charge on any atom is -0.466 e. The molecule has 4 nitrogen and oxygen atoms in total. The van der Waals surface area contributed by atoms with Crippen LogP contribution < -0.4 is 0 Å². The molecule has 0 aliphatic carbocycles. The van der Waals surface area contributed by atoms with E-state index in [1.165, 1.54) is 27.9 Å². The normalized spacial score (nSPS) is 10.9. The number of nitrogens with zero attached hydrogens (tertiary/aromatic N) is 2. The van der Waals surface area contributed by atoms with Gasteiger partial charge in [0.2, 0.25) is 0 Å². The first-order valence-electron chi connectivity index (χ1n) is 12.0. The molecule has 2 aromatic carbocycles. The minimum atomic E-state index is -0.119. The number of hydrogen-bond donors (Lipinski definition) is 0. The highest BCUT2D eigenvalue weighted by Gasteiger charge is 2.10. The summed E-state index contributed by atoms with van der Waals surface area (Å²) in [6.45, 7) is 8.27. The maximum atomic E-state index is 11.7. The molecule has 1 aromatic heterocycles. The summed E-state index contributed by atoms with van der Waals surface area (Å²) < 4.78 is 7.27. The van der Waals surface area contributed by atoms with E-state index in [4.69, 9.17) is 4.74 Å². The van der Waals surface area contributed by atoms with Gasteiger partial charge in [-0.25, -0.2) is 4.98 Å². The van der Waals surface area contributed by atoms with Crippen molar-refractivity contribution >= 4 is 5.97 Å². The van der Waals surface area contributed by atoms with Gasteiger partial charge in [0.1, 0.15) is 5.82 Å². The zero-order valence-electron chi connectivity index (χ0n) is 20.3. The lowest BCUT2D eigenvalue weighted by Gasteiger charge is -2.11. The number of aromatic nitrogens is 2. The highest BCUT2D eigenvalue weighted by Crippen LogP contribution is 2.21. The quantitative estimate of drug-likeness (QED) is 0.252. The molecular formula is C29H36N2O2. The van der Waals surface area contributed by atoms with E-state index in [0.29, 0.717) is 13.0 Å². The van der Waals surface area contributed by atoms with E-state index >= 15 is 0 Å². The standard InChI is InChI=1S/C29H36N2O2/c1-5-9-22-12-16-26(17-13-22)29-30-21-27(31(29)4)11-8-10-23-14-15-25(24(6-2)20-23)18-19-28(32)33-7-3/h5,12-17,20-21H,1,6-11,18-19H2,2-4H3. The Hall–Kier alpha value is -3.14. The maximum Gasteiger partial charge on any atom is 0.306 e. The van der Waals surface area contributed by atoms with Crippen molar-refractivity contribution in [1.29, 1.82) is 0 Å². The van der Waals surface area contributed by atoms with Crippen LogP contribution in [-0.4, -0.2) is 22.1 Å². The SMILES string of the molecule is C=CCc1ccc(-c2ncc(CCCc3ccc(CCC(=O)OCC)c(CC)c3)n2C)cc1. The average molecular weight is 445 g/mol. The third-order valence-corrected chi connectivity index (χ3v) is 6.13. The Morgan fingerprint density at radius 3 is 2.48 bits per heavy atom. The first kappa shape index (κ1) is 24.5. The van der Waals surface area contributed by atoms with Crippen LogP contribution >= 0.6 is 0 Å². The lowest BCUT2D eigenvalue weighted by Crippen LogP contribution is -2.06. The van der Waals surface area contributed by atoms with Crippen molar-refractivity contribution in [1.82, 2.24) is 9.55 Å². The van der Waals surface area contributed by atoms with Crippen LogP contribution in [0, 0.1) is 0 Å². The van der Waals surface area contributed by atoms with E-state index in [1.54, 1.807) is 0 Å². The summed E-state index contributed by atoms with van der Waals surface area (Å²) in [5.74, 6) is 0.890. The zero-order chi connectivity index (χ0) is 23.6. The van der Waals surface area contributed by atoms with Crippen LogP contribution in [0.3, 0.4) is 0 Å². The summed E-state index contributed by atoms with van der Waals surface area (Å²) in [6, 6.07) is 15.3. The van der Waals surface area contributed by atoms with Crippen LogP contribution in [0.2, 0.25) is 0 Å². The van der Waals surface area contributed by atoms with E-state index in [9.17, 15) is 4.79 Å². The van der Waals surface area contributed by atoms with Gasteiger partial charge in [-0.3, -0.25) is 4.79 Å². The van der Waals surface area contributed by atoms with Crippen LogP contribution in [0.1, 0.15) is 54.6 Å². The first-order chi connectivity index (χ1) is 16.0. The highest BCUT2D eigenvalue weighted by atomic mass is 16.5. The summed E-state index contributed by atoms with van der Waals surface area (Å²) in [7, 11) is 2.10. The van der Waals surface area contributed by atoms with Gasteiger partial charge in [0.15, 0.2) is 0 Å².